The van der Waals surface area contributed by atoms with Gasteiger partial charge in [-0.05, 0) is 56.3 Å². The zero-order chi connectivity index (χ0) is 18.0. The van der Waals surface area contributed by atoms with Crippen LogP contribution in [0.25, 0.3) is 0 Å². The maximum Gasteiger partial charge on any atom is 0.415 e. The zero-order valence-electron chi connectivity index (χ0n) is 14.3. The average molecular weight is 364 g/mol. The molecule has 1 aromatic carbocycles. The lowest BCUT2D eigenvalue weighted by Gasteiger charge is -2.25. The quantitative estimate of drug-likeness (QED) is 0.862. The summed E-state index contributed by atoms with van der Waals surface area (Å²) in [5.74, 6) is 1.76. The van der Waals surface area contributed by atoms with E-state index in [2.05, 4.69) is 0 Å². The Balaban J connectivity index is 1.79. The molecule has 2 fully saturated rings. The topological polar surface area (TPSA) is 89.7 Å². The fourth-order valence-electron chi connectivity index (χ4n) is 3.65. The van der Waals surface area contributed by atoms with Gasteiger partial charge in [-0.2, -0.15) is 0 Å². The van der Waals surface area contributed by atoms with Gasteiger partial charge in [0.05, 0.1) is 6.04 Å². The van der Waals surface area contributed by atoms with Gasteiger partial charge in [-0.3, -0.25) is 13.9 Å². The molecule has 7 heteroatoms. The first-order valence-corrected chi connectivity index (χ1v) is 10.2. The van der Waals surface area contributed by atoms with Gasteiger partial charge >= 0.3 is 6.09 Å². The van der Waals surface area contributed by atoms with Crippen LogP contribution in [0, 0.1) is 0 Å². The Morgan fingerprint density at radius 1 is 1.28 bits per heavy atom. The van der Waals surface area contributed by atoms with Gasteiger partial charge in [0, 0.05) is 28.0 Å². The van der Waals surface area contributed by atoms with Crippen LogP contribution in [-0.2, 0) is 20.3 Å². The number of anilines is 1. The fraction of sp³-hybridized carbons (Fsp3) is 0.556. The summed E-state index contributed by atoms with van der Waals surface area (Å²) < 4.78 is 16.8. The lowest BCUT2D eigenvalue weighted by Crippen LogP contribution is -2.40. The molecule has 25 heavy (non-hydrogen) atoms. The van der Waals surface area contributed by atoms with E-state index >= 15 is 0 Å². The Labute approximate surface area is 150 Å². The molecule has 2 atom stereocenters. The summed E-state index contributed by atoms with van der Waals surface area (Å²) >= 11 is 0. The van der Waals surface area contributed by atoms with Crippen molar-refractivity contribution >= 4 is 28.4 Å². The van der Waals surface area contributed by atoms with Crippen LogP contribution in [0.3, 0.4) is 0 Å². The average Bonchev–Trinajstić information content (AvgIpc) is 2.93. The number of carbonyl (C=O) groups excluding carboxylic acids is 2. The number of rotatable bonds is 5. The molecule has 136 valence electrons. The lowest BCUT2D eigenvalue weighted by atomic mass is 9.93. The van der Waals surface area contributed by atoms with Crippen molar-refractivity contribution in [1.29, 1.82) is 0 Å². The van der Waals surface area contributed by atoms with Crippen molar-refractivity contribution in [2.75, 3.05) is 23.0 Å². The van der Waals surface area contributed by atoms with Gasteiger partial charge in [0.2, 0.25) is 0 Å². The molecule has 1 aromatic rings. The van der Waals surface area contributed by atoms with Crippen LogP contribution in [0.15, 0.2) is 24.3 Å². The number of hydrogen-bond donors (Lipinski definition) is 1. The number of benzene rings is 1. The normalized spacial score (nSPS) is 29.5. The number of carbonyl (C=O) groups is 2. The maximum atomic E-state index is 12.3. The number of ether oxygens (including phenoxy) is 1. The molecular weight excluding hydrogens is 340 g/mol. The van der Waals surface area contributed by atoms with E-state index in [-0.39, 0.29) is 11.8 Å². The predicted molar refractivity (Wildman–Crippen MR) is 97.2 cm³/mol. The van der Waals surface area contributed by atoms with E-state index in [1.54, 1.807) is 4.90 Å². The SMILES string of the molecule is CC(=O)C1OC(=O)N(c2ccc(C3CCS(=O)CC3)cc2)C1CCN. The van der Waals surface area contributed by atoms with Crippen molar-refractivity contribution in [3.63, 3.8) is 0 Å². The van der Waals surface area contributed by atoms with Gasteiger partial charge in [-0.25, -0.2) is 4.79 Å². The largest absolute Gasteiger partial charge is 0.436 e. The zero-order valence-corrected chi connectivity index (χ0v) is 15.2. The first-order valence-electron chi connectivity index (χ1n) is 8.66. The van der Waals surface area contributed by atoms with Crippen LogP contribution in [-0.4, -0.2) is 46.3 Å². The molecule has 2 aliphatic rings. The third-order valence-electron chi connectivity index (χ3n) is 5.00. The number of cyclic esters (lactones) is 1. The van der Waals surface area contributed by atoms with Crippen molar-refractivity contribution in [1.82, 2.24) is 0 Å². The predicted octanol–water partition coefficient (Wildman–Crippen LogP) is 1.94. The van der Waals surface area contributed by atoms with Crippen LogP contribution < -0.4 is 10.6 Å². The highest BCUT2D eigenvalue weighted by Crippen LogP contribution is 2.32. The highest BCUT2D eigenvalue weighted by atomic mass is 32.2. The Kier molecular flexibility index (Phi) is 5.54. The summed E-state index contributed by atoms with van der Waals surface area (Å²) in [4.78, 5) is 25.6. The summed E-state index contributed by atoms with van der Waals surface area (Å²) in [5, 5.41) is 0. The highest BCUT2D eigenvalue weighted by Gasteiger charge is 2.44. The summed E-state index contributed by atoms with van der Waals surface area (Å²) in [6.07, 6.45) is 1.11. The van der Waals surface area contributed by atoms with Crippen molar-refractivity contribution in [2.45, 2.75) is 44.2 Å². The van der Waals surface area contributed by atoms with Crippen LogP contribution in [0.4, 0.5) is 10.5 Å². The molecule has 3 rings (SSSR count). The maximum absolute atomic E-state index is 12.3. The minimum atomic E-state index is -0.760. The number of ketones is 1. The van der Waals surface area contributed by atoms with Gasteiger partial charge in [0.1, 0.15) is 0 Å². The number of amides is 1. The second-order valence-electron chi connectivity index (χ2n) is 6.64. The van der Waals surface area contributed by atoms with Gasteiger partial charge in [-0.15, -0.1) is 0 Å². The summed E-state index contributed by atoms with van der Waals surface area (Å²) in [6.45, 7) is 1.81. The van der Waals surface area contributed by atoms with Crippen molar-refractivity contribution in [3.05, 3.63) is 29.8 Å². The molecule has 0 bridgehead atoms. The number of Topliss-reactive ketones (excluding diaryl/α,β-unsaturated/α-hetero) is 1. The smallest absolute Gasteiger partial charge is 0.415 e. The highest BCUT2D eigenvalue weighted by molar-refractivity contribution is 7.85. The minimum Gasteiger partial charge on any atom is -0.436 e. The van der Waals surface area contributed by atoms with Gasteiger partial charge in [-0.1, -0.05) is 12.1 Å². The van der Waals surface area contributed by atoms with Gasteiger partial charge in [0.25, 0.3) is 0 Å². The molecule has 2 aliphatic heterocycles. The van der Waals surface area contributed by atoms with E-state index in [9.17, 15) is 13.8 Å². The van der Waals surface area contributed by atoms with Crippen molar-refractivity contribution < 1.29 is 18.5 Å². The second kappa shape index (κ2) is 7.66. The Morgan fingerprint density at radius 2 is 1.92 bits per heavy atom. The molecule has 0 radical (unpaired) electrons. The molecule has 1 amide bonds. The molecule has 0 aliphatic carbocycles. The summed E-state index contributed by atoms with van der Waals surface area (Å²) in [6, 6.07) is 7.46. The molecule has 2 heterocycles. The van der Waals surface area contributed by atoms with Crippen molar-refractivity contribution in [2.24, 2.45) is 5.73 Å². The third-order valence-corrected chi connectivity index (χ3v) is 6.38. The van der Waals surface area contributed by atoms with Crippen LogP contribution in [0.1, 0.15) is 37.7 Å². The van der Waals surface area contributed by atoms with Crippen molar-refractivity contribution in [3.8, 4) is 0 Å². The first kappa shape index (κ1) is 18.1. The Morgan fingerprint density at radius 3 is 2.48 bits per heavy atom. The standard InChI is InChI=1S/C18H24N2O4S/c1-12(21)17-16(6-9-19)20(18(22)24-17)15-4-2-13(3-5-15)14-7-10-25(23)11-8-14/h2-5,14,16-17H,6-11,19H2,1H3. The molecule has 6 nitrogen and oxygen atoms in total. The molecule has 0 aromatic heterocycles. The molecule has 0 saturated carbocycles. The number of nitrogens with two attached hydrogens (primary N) is 1. The molecule has 2 unspecified atom stereocenters. The fourth-order valence-corrected chi connectivity index (χ4v) is 4.95. The molecule has 0 spiro atoms. The van der Waals surface area contributed by atoms with E-state index in [0.717, 1.165) is 30.0 Å². The monoisotopic (exact) mass is 364 g/mol. The number of nitrogens with zero attached hydrogens (tertiary/aromatic N) is 1. The summed E-state index contributed by atoms with van der Waals surface area (Å²) in [7, 11) is -0.675. The first-order chi connectivity index (χ1) is 12.0. The molecule has 2 saturated heterocycles. The lowest BCUT2D eigenvalue weighted by molar-refractivity contribution is -0.124. The second-order valence-corrected chi connectivity index (χ2v) is 8.34. The van der Waals surface area contributed by atoms with E-state index in [0.29, 0.717) is 18.9 Å². The third kappa shape index (κ3) is 3.77. The molecule has 2 N–H and O–H groups in total. The van der Waals surface area contributed by atoms with E-state index < -0.39 is 23.0 Å². The minimum absolute atomic E-state index is 0.166. The van der Waals surface area contributed by atoms with E-state index in [1.165, 1.54) is 12.5 Å². The van der Waals surface area contributed by atoms with Crippen LogP contribution in [0.5, 0.6) is 0 Å². The Hall–Kier alpha value is -1.73. The van der Waals surface area contributed by atoms with Gasteiger partial charge in [0.15, 0.2) is 11.9 Å². The van der Waals surface area contributed by atoms with Crippen LogP contribution >= 0.6 is 0 Å². The van der Waals surface area contributed by atoms with E-state index in [1.807, 2.05) is 24.3 Å². The summed E-state index contributed by atoms with van der Waals surface area (Å²) in [5.41, 5.74) is 7.58. The van der Waals surface area contributed by atoms with E-state index in [4.69, 9.17) is 10.5 Å². The Bertz CT molecular complexity index is 666. The van der Waals surface area contributed by atoms with Gasteiger partial charge < -0.3 is 10.5 Å². The molecular formula is C18H24N2O4S. The number of hydrogen-bond acceptors (Lipinski definition) is 5. The van der Waals surface area contributed by atoms with Crippen LogP contribution in [0.2, 0.25) is 0 Å².